The number of hydrogen-bond donors (Lipinski definition) is 0. The fourth-order valence-corrected chi connectivity index (χ4v) is 4.36. The van der Waals surface area contributed by atoms with Crippen LogP contribution in [0.1, 0.15) is 37.1 Å². The Labute approximate surface area is 160 Å². The molecule has 2 aliphatic heterocycles. The zero-order valence-electron chi connectivity index (χ0n) is 16.0. The predicted octanol–water partition coefficient (Wildman–Crippen LogP) is 1.66. The third-order valence-electron chi connectivity index (χ3n) is 6.23. The zero-order chi connectivity index (χ0) is 18.7. The number of pyridine rings is 1. The highest BCUT2D eigenvalue weighted by Gasteiger charge is 2.40. The summed E-state index contributed by atoms with van der Waals surface area (Å²) in [6.45, 7) is 4.70. The highest BCUT2D eigenvalue weighted by molar-refractivity contribution is 5.77. The molecule has 0 N–H and O–H groups in total. The van der Waals surface area contributed by atoms with E-state index >= 15 is 0 Å². The van der Waals surface area contributed by atoms with Crippen molar-refractivity contribution in [3.05, 3.63) is 42.2 Å². The molecule has 2 aliphatic rings. The Kier molecular flexibility index (Phi) is 5.20. The molecule has 0 unspecified atom stereocenters. The van der Waals surface area contributed by atoms with E-state index in [1.54, 1.807) is 12.5 Å². The molecule has 2 saturated heterocycles. The average Bonchev–Trinajstić information content (AvgIpc) is 3.10. The molecule has 0 radical (unpaired) electrons. The maximum absolute atomic E-state index is 12.4. The number of nitrogens with zero attached hydrogens (tertiary/aromatic N) is 6. The molecule has 0 saturated carbocycles. The molecular weight excluding hydrogens is 340 g/mol. The van der Waals surface area contributed by atoms with Crippen molar-refractivity contribution in [1.82, 2.24) is 29.5 Å². The number of aryl methyl sites for hydroxylation is 1. The van der Waals surface area contributed by atoms with Gasteiger partial charge in [-0.3, -0.25) is 14.7 Å². The molecule has 0 bridgehead atoms. The van der Waals surface area contributed by atoms with Gasteiger partial charge in [0.25, 0.3) is 0 Å². The minimum atomic E-state index is 0.291. The second kappa shape index (κ2) is 7.76. The second-order valence-electron chi connectivity index (χ2n) is 8.06. The normalized spacial score (nSPS) is 20.3. The van der Waals surface area contributed by atoms with Crippen molar-refractivity contribution in [2.24, 2.45) is 12.5 Å². The molecule has 7 heteroatoms. The SMILES string of the molecule is Cn1cnnc1CN1CCC2(CCC(=O)N(CCc3cccnc3)C2)CC1. The van der Waals surface area contributed by atoms with Gasteiger partial charge in [-0.15, -0.1) is 10.2 Å². The van der Waals surface area contributed by atoms with Gasteiger partial charge in [-0.05, 0) is 55.8 Å². The lowest BCUT2D eigenvalue weighted by molar-refractivity contribution is -0.139. The predicted molar refractivity (Wildman–Crippen MR) is 102 cm³/mol. The van der Waals surface area contributed by atoms with Gasteiger partial charge in [-0.2, -0.15) is 0 Å². The topological polar surface area (TPSA) is 67.2 Å². The summed E-state index contributed by atoms with van der Waals surface area (Å²) in [7, 11) is 1.99. The van der Waals surface area contributed by atoms with Crippen molar-refractivity contribution < 1.29 is 4.79 Å². The smallest absolute Gasteiger partial charge is 0.222 e. The molecule has 1 amide bonds. The van der Waals surface area contributed by atoms with Gasteiger partial charge in [-0.1, -0.05) is 6.07 Å². The Bertz CT molecular complexity index is 766. The van der Waals surface area contributed by atoms with Crippen LogP contribution in [-0.4, -0.2) is 61.6 Å². The third kappa shape index (κ3) is 4.18. The molecule has 2 fully saturated rings. The molecule has 0 aliphatic carbocycles. The van der Waals surface area contributed by atoms with E-state index in [2.05, 4.69) is 31.0 Å². The zero-order valence-corrected chi connectivity index (χ0v) is 16.0. The van der Waals surface area contributed by atoms with Crippen LogP contribution in [0.2, 0.25) is 0 Å². The van der Waals surface area contributed by atoms with Gasteiger partial charge < -0.3 is 9.47 Å². The Morgan fingerprint density at radius 2 is 2.07 bits per heavy atom. The largest absolute Gasteiger partial charge is 0.342 e. The Morgan fingerprint density at radius 3 is 2.78 bits per heavy atom. The summed E-state index contributed by atoms with van der Waals surface area (Å²) in [4.78, 5) is 21.2. The molecule has 0 aromatic carbocycles. The van der Waals surface area contributed by atoms with E-state index in [4.69, 9.17) is 0 Å². The van der Waals surface area contributed by atoms with Crippen molar-refractivity contribution in [1.29, 1.82) is 0 Å². The first kappa shape index (κ1) is 18.1. The first-order valence-electron chi connectivity index (χ1n) is 9.85. The monoisotopic (exact) mass is 368 g/mol. The number of carbonyl (C=O) groups is 1. The van der Waals surface area contributed by atoms with Crippen LogP contribution in [0.3, 0.4) is 0 Å². The lowest BCUT2D eigenvalue weighted by atomic mass is 9.72. The van der Waals surface area contributed by atoms with E-state index in [1.165, 1.54) is 5.56 Å². The maximum atomic E-state index is 12.4. The minimum absolute atomic E-state index is 0.291. The fraction of sp³-hybridized carbons (Fsp3) is 0.600. The lowest BCUT2D eigenvalue weighted by Gasteiger charge is -2.47. The number of hydrogen-bond acceptors (Lipinski definition) is 5. The lowest BCUT2D eigenvalue weighted by Crippen LogP contribution is -2.51. The molecule has 27 heavy (non-hydrogen) atoms. The second-order valence-corrected chi connectivity index (χ2v) is 8.06. The summed E-state index contributed by atoms with van der Waals surface area (Å²) >= 11 is 0. The number of likely N-dealkylation sites (tertiary alicyclic amines) is 2. The molecule has 7 nitrogen and oxygen atoms in total. The molecular formula is C20H28N6O. The van der Waals surface area contributed by atoms with Crippen molar-refractivity contribution >= 4 is 5.91 Å². The van der Waals surface area contributed by atoms with Gasteiger partial charge in [0, 0.05) is 39.0 Å². The fourth-order valence-electron chi connectivity index (χ4n) is 4.36. The van der Waals surface area contributed by atoms with E-state index in [0.29, 0.717) is 17.7 Å². The average molecular weight is 368 g/mol. The molecule has 144 valence electrons. The van der Waals surface area contributed by atoms with E-state index in [1.807, 2.05) is 23.9 Å². The Balaban J connectivity index is 1.32. The number of amides is 1. The van der Waals surface area contributed by atoms with Gasteiger partial charge in [0.15, 0.2) is 0 Å². The highest BCUT2D eigenvalue weighted by atomic mass is 16.2. The van der Waals surface area contributed by atoms with Crippen molar-refractivity contribution in [2.75, 3.05) is 26.2 Å². The Hall–Kier alpha value is -2.28. The van der Waals surface area contributed by atoms with Crippen LogP contribution < -0.4 is 0 Å². The summed E-state index contributed by atoms with van der Waals surface area (Å²) in [6, 6.07) is 4.05. The summed E-state index contributed by atoms with van der Waals surface area (Å²) in [5.41, 5.74) is 1.49. The van der Waals surface area contributed by atoms with Crippen molar-refractivity contribution in [2.45, 2.75) is 38.6 Å². The van der Waals surface area contributed by atoms with Crippen molar-refractivity contribution in [3.63, 3.8) is 0 Å². The standard InChI is InChI=1S/C20H28N6O/c1-24-16-22-23-18(24)14-25-11-7-20(8-12-25)6-4-19(27)26(15-20)10-5-17-3-2-9-21-13-17/h2-3,9,13,16H,4-8,10-12,14-15H2,1H3. The maximum Gasteiger partial charge on any atom is 0.222 e. The van der Waals surface area contributed by atoms with E-state index < -0.39 is 0 Å². The van der Waals surface area contributed by atoms with Gasteiger partial charge >= 0.3 is 0 Å². The summed E-state index contributed by atoms with van der Waals surface area (Å²) in [5, 5.41) is 8.17. The molecule has 2 aromatic heterocycles. The molecule has 1 spiro atoms. The van der Waals surface area contributed by atoms with E-state index in [9.17, 15) is 4.79 Å². The van der Waals surface area contributed by atoms with Crippen LogP contribution >= 0.6 is 0 Å². The van der Waals surface area contributed by atoms with Crippen LogP contribution in [0.25, 0.3) is 0 Å². The summed E-state index contributed by atoms with van der Waals surface area (Å²) in [6.07, 6.45) is 10.4. The number of piperidine rings is 2. The van der Waals surface area contributed by atoms with E-state index in [-0.39, 0.29) is 0 Å². The summed E-state index contributed by atoms with van der Waals surface area (Å²) in [5.74, 6) is 1.33. The Morgan fingerprint density at radius 1 is 1.22 bits per heavy atom. The van der Waals surface area contributed by atoms with Gasteiger partial charge in [0.2, 0.25) is 5.91 Å². The van der Waals surface area contributed by atoms with Crippen LogP contribution in [0.5, 0.6) is 0 Å². The first-order chi connectivity index (χ1) is 13.1. The number of carbonyl (C=O) groups excluding carboxylic acids is 1. The van der Waals surface area contributed by atoms with Gasteiger partial charge in [0.1, 0.15) is 12.2 Å². The van der Waals surface area contributed by atoms with Gasteiger partial charge in [0.05, 0.1) is 6.54 Å². The molecule has 4 heterocycles. The first-order valence-corrected chi connectivity index (χ1v) is 9.85. The third-order valence-corrected chi connectivity index (χ3v) is 6.23. The van der Waals surface area contributed by atoms with Crippen molar-refractivity contribution in [3.8, 4) is 0 Å². The molecule has 2 aromatic rings. The van der Waals surface area contributed by atoms with Crippen LogP contribution in [0, 0.1) is 5.41 Å². The number of aromatic nitrogens is 4. The molecule has 4 rings (SSSR count). The summed E-state index contributed by atoms with van der Waals surface area (Å²) < 4.78 is 1.99. The minimum Gasteiger partial charge on any atom is -0.342 e. The highest BCUT2D eigenvalue weighted by Crippen LogP contribution is 2.40. The quantitative estimate of drug-likeness (QED) is 0.803. The van der Waals surface area contributed by atoms with Crippen LogP contribution in [0.15, 0.2) is 30.9 Å². The van der Waals surface area contributed by atoms with Crippen LogP contribution in [0.4, 0.5) is 0 Å². The van der Waals surface area contributed by atoms with E-state index in [0.717, 1.165) is 64.2 Å². The van der Waals surface area contributed by atoms with Crippen LogP contribution in [-0.2, 0) is 24.8 Å². The van der Waals surface area contributed by atoms with Gasteiger partial charge in [-0.25, -0.2) is 0 Å². The molecule has 0 atom stereocenters. The number of rotatable bonds is 5.